The van der Waals surface area contributed by atoms with Crippen LogP contribution in [0.5, 0.6) is 5.75 Å². The first-order chi connectivity index (χ1) is 19.2. The molecule has 1 aromatic carbocycles. The Bertz CT molecular complexity index is 893. The van der Waals surface area contributed by atoms with Crippen molar-refractivity contribution in [2.45, 2.75) is 116 Å². The smallest absolute Gasteiger partial charge is 0.263 e. The van der Waals surface area contributed by atoms with E-state index in [2.05, 4.69) is 22.9 Å². The van der Waals surface area contributed by atoms with Crippen LogP contribution in [0.25, 0.3) is 0 Å². The van der Waals surface area contributed by atoms with Crippen molar-refractivity contribution in [2.75, 3.05) is 18.5 Å². The molecule has 0 saturated heterocycles. The summed E-state index contributed by atoms with van der Waals surface area (Å²) in [6.07, 6.45) is 13.6. The van der Waals surface area contributed by atoms with Crippen LogP contribution >= 0.6 is 0 Å². The van der Waals surface area contributed by atoms with Crippen molar-refractivity contribution in [3.63, 3.8) is 0 Å². The molecule has 0 spiro atoms. The monoisotopic (exact) mass is 561 g/mol. The van der Waals surface area contributed by atoms with E-state index in [0.29, 0.717) is 30.9 Å². The van der Waals surface area contributed by atoms with Gasteiger partial charge in [-0.05, 0) is 43.5 Å². The molecule has 0 bridgehead atoms. The summed E-state index contributed by atoms with van der Waals surface area (Å²) in [4.78, 5) is 47.4. The summed E-state index contributed by atoms with van der Waals surface area (Å²) < 4.78 is 5.73. The van der Waals surface area contributed by atoms with E-state index in [1.807, 2.05) is 0 Å². The van der Waals surface area contributed by atoms with E-state index < -0.39 is 23.4 Å². The van der Waals surface area contributed by atoms with Crippen molar-refractivity contribution in [3.05, 3.63) is 24.3 Å². The van der Waals surface area contributed by atoms with Gasteiger partial charge >= 0.3 is 0 Å². The molecule has 0 aliphatic heterocycles. The van der Waals surface area contributed by atoms with Crippen LogP contribution in [0, 0.1) is 0 Å². The van der Waals surface area contributed by atoms with E-state index >= 15 is 0 Å². The molecule has 1 unspecified atom stereocenters. The molecule has 1 atom stereocenters. The van der Waals surface area contributed by atoms with Gasteiger partial charge < -0.3 is 32.2 Å². The topological polar surface area (TPSA) is 166 Å². The molecule has 0 aliphatic rings. The van der Waals surface area contributed by atoms with E-state index in [-0.39, 0.29) is 25.2 Å². The van der Waals surface area contributed by atoms with Gasteiger partial charge in [-0.1, -0.05) is 71.6 Å². The molecule has 4 amide bonds. The Morgan fingerprint density at radius 3 is 1.90 bits per heavy atom. The third kappa shape index (κ3) is 15.3. The van der Waals surface area contributed by atoms with Gasteiger partial charge in [0.05, 0.1) is 6.61 Å². The molecular formula is C30H51N5O5. The molecule has 0 fully saturated rings. The molecule has 10 nitrogen and oxygen atoms in total. The van der Waals surface area contributed by atoms with Crippen molar-refractivity contribution in [2.24, 2.45) is 11.5 Å². The second kappa shape index (κ2) is 20.6. The van der Waals surface area contributed by atoms with Crippen LogP contribution in [-0.4, -0.2) is 42.4 Å². The van der Waals surface area contributed by atoms with Crippen LogP contribution in [0.4, 0.5) is 5.69 Å². The highest BCUT2D eigenvalue weighted by Crippen LogP contribution is 2.21. The molecule has 226 valence electrons. The lowest BCUT2D eigenvalue weighted by atomic mass is 10.0. The average Bonchev–Trinajstić information content (AvgIpc) is 2.93. The Morgan fingerprint density at radius 1 is 0.750 bits per heavy atom. The molecule has 7 N–H and O–H groups in total. The van der Waals surface area contributed by atoms with Gasteiger partial charge in [-0.15, -0.1) is 0 Å². The summed E-state index contributed by atoms with van der Waals surface area (Å²) in [6.45, 7) is 5.07. The van der Waals surface area contributed by atoms with E-state index in [1.165, 1.54) is 51.4 Å². The highest BCUT2D eigenvalue weighted by molar-refractivity contribution is 5.93. The summed E-state index contributed by atoms with van der Waals surface area (Å²) in [5.74, 6) is -1.22. The second-order valence-electron chi connectivity index (χ2n) is 10.3. The number of amides is 4. The maximum atomic E-state index is 12.2. The number of nitrogens with one attached hydrogen (secondary N) is 3. The summed E-state index contributed by atoms with van der Waals surface area (Å²) >= 11 is 0. The zero-order valence-corrected chi connectivity index (χ0v) is 24.5. The highest BCUT2D eigenvalue weighted by atomic mass is 16.5. The minimum atomic E-state index is -1.52. The van der Waals surface area contributed by atoms with Crippen LogP contribution in [-0.2, 0) is 19.2 Å². The molecular weight excluding hydrogens is 510 g/mol. The van der Waals surface area contributed by atoms with Crippen LogP contribution < -0.4 is 32.2 Å². The first kappa shape index (κ1) is 34.7. The molecule has 1 aromatic rings. The van der Waals surface area contributed by atoms with Crippen LogP contribution in [0.2, 0.25) is 0 Å². The minimum absolute atomic E-state index is 0.0410. The number of primary amides is 2. The predicted octanol–water partition coefficient (Wildman–Crippen LogP) is 4.27. The number of carbonyl (C=O) groups excluding carboxylic acids is 4. The zero-order chi connectivity index (χ0) is 29.6. The number of hydrogen-bond donors (Lipinski definition) is 5. The van der Waals surface area contributed by atoms with Crippen molar-refractivity contribution >= 4 is 29.3 Å². The van der Waals surface area contributed by atoms with Crippen LogP contribution in [0.3, 0.4) is 0 Å². The van der Waals surface area contributed by atoms with Crippen molar-refractivity contribution in [1.82, 2.24) is 10.6 Å². The Balaban J connectivity index is 2.28. The largest absolute Gasteiger partial charge is 0.494 e. The molecule has 1 rings (SSSR count). The summed E-state index contributed by atoms with van der Waals surface area (Å²) in [5, 5.41) is 8.56. The second-order valence-corrected chi connectivity index (χ2v) is 10.3. The normalized spacial score (nSPS) is 12.2. The van der Waals surface area contributed by atoms with E-state index in [9.17, 15) is 19.2 Å². The molecule has 0 heterocycles. The van der Waals surface area contributed by atoms with Gasteiger partial charge in [0.25, 0.3) is 5.91 Å². The third-order valence-electron chi connectivity index (χ3n) is 6.78. The molecule has 0 radical (unpaired) electrons. The van der Waals surface area contributed by atoms with Crippen molar-refractivity contribution < 1.29 is 23.9 Å². The quantitative estimate of drug-likeness (QED) is 0.0934. The predicted molar refractivity (Wildman–Crippen MR) is 158 cm³/mol. The first-order valence-electron chi connectivity index (χ1n) is 14.9. The summed E-state index contributed by atoms with van der Waals surface area (Å²) in [5.41, 5.74) is 9.71. The fourth-order valence-electron chi connectivity index (χ4n) is 4.27. The van der Waals surface area contributed by atoms with Crippen LogP contribution in [0.15, 0.2) is 24.3 Å². The van der Waals surface area contributed by atoms with Gasteiger partial charge in [0.15, 0.2) is 5.66 Å². The van der Waals surface area contributed by atoms with Gasteiger partial charge in [0, 0.05) is 31.5 Å². The van der Waals surface area contributed by atoms with E-state index in [0.717, 1.165) is 19.4 Å². The maximum absolute atomic E-state index is 12.2. The highest BCUT2D eigenvalue weighted by Gasteiger charge is 2.36. The number of anilines is 1. The lowest BCUT2D eigenvalue weighted by Gasteiger charge is -2.32. The number of ether oxygens (including phenoxy) is 1. The Labute approximate surface area is 239 Å². The summed E-state index contributed by atoms with van der Waals surface area (Å²) in [7, 11) is 0. The van der Waals surface area contributed by atoms with E-state index in [1.54, 1.807) is 31.2 Å². The number of unbranched alkanes of at least 4 members (excludes halogenated alkanes) is 9. The molecule has 40 heavy (non-hydrogen) atoms. The van der Waals surface area contributed by atoms with E-state index in [4.69, 9.17) is 16.2 Å². The van der Waals surface area contributed by atoms with Gasteiger partial charge in [0.1, 0.15) is 5.75 Å². The molecule has 10 heteroatoms. The number of hydrogen-bond acceptors (Lipinski definition) is 6. The average molecular weight is 562 g/mol. The van der Waals surface area contributed by atoms with Gasteiger partial charge in [-0.3, -0.25) is 19.2 Å². The maximum Gasteiger partial charge on any atom is 0.263 e. The number of nitrogens with two attached hydrogens (primary N) is 2. The van der Waals surface area contributed by atoms with Gasteiger partial charge in [-0.25, -0.2) is 0 Å². The Morgan fingerprint density at radius 2 is 1.35 bits per heavy atom. The lowest BCUT2D eigenvalue weighted by molar-refractivity contribution is -0.131. The zero-order valence-electron chi connectivity index (χ0n) is 24.5. The van der Waals surface area contributed by atoms with Crippen LogP contribution in [0.1, 0.15) is 110 Å². The molecule has 0 aromatic heterocycles. The molecule has 0 saturated carbocycles. The summed E-state index contributed by atoms with van der Waals surface area (Å²) in [6, 6.07) is 6.86. The first-order valence-corrected chi connectivity index (χ1v) is 14.9. The molecule has 0 aliphatic carbocycles. The van der Waals surface area contributed by atoms with Gasteiger partial charge in [-0.2, -0.15) is 0 Å². The van der Waals surface area contributed by atoms with Gasteiger partial charge in [0.2, 0.25) is 17.7 Å². The third-order valence-corrected chi connectivity index (χ3v) is 6.78. The number of carbonyl (C=O) groups is 4. The standard InChI is InChI=1S/C30H51N5O5/c1-3-5-6-7-8-9-10-11-12-13-22-33-27(37)15-14-23-40-25-18-16-24(17-19-25)34-30(4-2,29(32)39)35-28(38)21-20-26(31)36/h16-19,34H,3-15,20-23H2,1-2H3,(H2,31,36)(H2,32,39)(H,33,37)(H,35,38). The number of rotatable bonds is 24. The van der Waals surface area contributed by atoms with Crippen molar-refractivity contribution in [3.8, 4) is 5.75 Å². The lowest BCUT2D eigenvalue weighted by Crippen LogP contribution is -2.62. The van der Waals surface area contributed by atoms with Crippen molar-refractivity contribution in [1.29, 1.82) is 0 Å². The Hall–Kier alpha value is -3.30. The minimum Gasteiger partial charge on any atom is -0.494 e. The fraction of sp³-hybridized carbons (Fsp3) is 0.667. The fourth-order valence-corrected chi connectivity index (χ4v) is 4.27. The SMILES string of the molecule is CCCCCCCCCCCCNC(=O)CCCOc1ccc(NC(CC)(NC(=O)CCC(N)=O)C(N)=O)cc1. The Kier molecular flexibility index (Phi) is 17.9. The number of benzene rings is 1.